The van der Waals surface area contributed by atoms with Crippen molar-refractivity contribution in [2.45, 2.75) is 89.0 Å². The minimum Gasteiger partial charge on any atom is -1.00 e. The van der Waals surface area contributed by atoms with Crippen LogP contribution in [-0.4, -0.2) is 28.2 Å². The Hall–Kier alpha value is 0.540. The molecule has 3 heteroatoms. The second kappa shape index (κ2) is 16.4. The number of terminal acetylenes is 1. The highest BCUT2D eigenvalue weighted by Gasteiger charge is 2.32. The van der Waals surface area contributed by atoms with E-state index in [4.69, 9.17) is 6.42 Å². The van der Waals surface area contributed by atoms with E-state index in [9.17, 15) is 0 Å². The molecular weight excluding hydrogens is 405 g/mol. The van der Waals surface area contributed by atoms with E-state index in [1.54, 1.807) is 0 Å². The number of quaternary nitrogens is 1. The van der Waals surface area contributed by atoms with Crippen molar-refractivity contribution in [2.75, 3.05) is 19.6 Å². The second-order valence-electron chi connectivity index (χ2n) is 6.37. The van der Waals surface area contributed by atoms with E-state index < -0.39 is 0 Å². The predicted octanol–water partition coefficient (Wildman–Crippen LogP) is 3.16. The Morgan fingerprint density at radius 1 is 0.864 bits per heavy atom. The van der Waals surface area contributed by atoms with Crippen LogP contribution < -0.4 is 12.4 Å². The van der Waals surface area contributed by atoms with Gasteiger partial charge in [0.05, 0.1) is 13.1 Å². The second-order valence-corrected chi connectivity index (χ2v) is 7.81. The normalized spacial score (nSPS) is 12.5. The molecule has 0 aliphatic rings. The SMILES string of the molecule is C#CC[N+](CCCCCC)(CCCCCC)C(I)CCC.[Cl-]. The van der Waals surface area contributed by atoms with Crippen molar-refractivity contribution in [1.29, 1.82) is 0 Å². The summed E-state index contributed by atoms with van der Waals surface area (Å²) in [7, 11) is 0. The van der Waals surface area contributed by atoms with Gasteiger partial charge in [0.25, 0.3) is 0 Å². The number of hydrogen-bond donors (Lipinski definition) is 0. The smallest absolute Gasteiger partial charge is 0.141 e. The van der Waals surface area contributed by atoms with Gasteiger partial charge >= 0.3 is 0 Å². The van der Waals surface area contributed by atoms with Crippen LogP contribution in [-0.2, 0) is 0 Å². The van der Waals surface area contributed by atoms with Crippen LogP contribution in [0.1, 0.15) is 85.0 Å². The molecule has 132 valence electrons. The monoisotopic (exact) mass is 441 g/mol. The van der Waals surface area contributed by atoms with E-state index in [2.05, 4.69) is 49.3 Å². The van der Waals surface area contributed by atoms with Gasteiger partial charge in [0.1, 0.15) is 10.6 Å². The van der Waals surface area contributed by atoms with Gasteiger partial charge in [-0.15, -0.1) is 6.42 Å². The van der Waals surface area contributed by atoms with Crippen molar-refractivity contribution in [3.05, 3.63) is 0 Å². The Morgan fingerprint density at radius 2 is 1.36 bits per heavy atom. The van der Waals surface area contributed by atoms with Gasteiger partial charge in [0.15, 0.2) is 0 Å². The zero-order chi connectivity index (χ0) is 16.0. The summed E-state index contributed by atoms with van der Waals surface area (Å²) in [4.78, 5) is 0. The molecule has 22 heavy (non-hydrogen) atoms. The average Bonchev–Trinajstić information content (AvgIpc) is 2.48. The molecule has 1 nitrogen and oxygen atoms in total. The maximum atomic E-state index is 5.74. The van der Waals surface area contributed by atoms with Gasteiger partial charge in [-0.05, 0) is 60.6 Å². The molecule has 0 N–H and O–H groups in total. The zero-order valence-corrected chi connectivity index (χ0v) is 18.0. The van der Waals surface area contributed by atoms with Crippen LogP contribution in [0.2, 0.25) is 0 Å². The predicted molar refractivity (Wildman–Crippen MR) is 105 cm³/mol. The van der Waals surface area contributed by atoms with Crippen molar-refractivity contribution in [2.24, 2.45) is 0 Å². The first-order valence-corrected chi connectivity index (χ1v) is 10.3. The third-order valence-corrected chi connectivity index (χ3v) is 6.25. The first-order valence-electron chi connectivity index (χ1n) is 9.10. The summed E-state index contributed by atoms with van der Waals surface area (Å²) in [6.07, 6.45) is 19.1. The molecule has 0 spiro atoms. The third-order valence-electron chi connectivity index (χ3n) is 4.44. The van der Waals surface area contributed by atoms with Crippen LogP contribution in [0.4, 0.5) is 0 Å². The summed E-state index contributed by atoms with van der Waals surface area (Å²) in [5, 5.41) is 0. The molecule has 0 saturated heterocycles. The Kier molecular flexibility index (Phi) is 18.5. The Morgan fingerprint density at radius 3 is 1.73 bits per heavy atom. The highest BCUT2D eigenvalue weighted by molar-refractivity contribution is 14.1. The van der Waals surface area contributed by atoms with Crippen LogP contribution in [0.15, 0.2) is 0 Å². The van der Waals surface area contributed by atoms with E-state index >= 15 is 0 Å². The van der Waals surface area contributed by atoms with Crippen molar-refractivity contribution in [3.8, 4) is 12.3 Å². The summed E-state index contributed by atoms with van der Waals surface area (Å²) in [6, 6.07) is 0. The van der Waals surface area contributed by atoms with Gasteiger partial charge in [0.2, 0.25) is 0 Å². The molecule has 0 radical (unpaired) electrons. The molecule has 0 aromatic carbocycles. The van der Waals surface area contributed by atoms with Gasteiger partial charge in [-0.2, -0.15) is 0 Å². The number of alkyl halides is 1. The Labute approximate surface area is 160 Å². The summed E-state index contributed by atoms with van der Waals surface area (Å²) >= 11 is 2.68. The van der Waals surface area contributed by atoms with E-state index in [0.29, 0.717) is 4.05 Å². The number of rotatable bonds is 14. The fourth-order valence-corrected chi connectivity index (χ4v) is 4.43. The largest absolute Gasteiger partial charge is 1.00 e. The molecule has 0 aliphatic heterocycles. The molecule has 0 aliphatic carbocycles. The lowest BCUT2D eigenvalue weighted by molar-refractivity contribution is -0.928. The van der Waals surface area contributed by atoms with Gasteiger partial charge in [-0.3, -0.25) is 0 Å². The van der Waals surface area contributed by atoms with Crippen molar-refractivity contribution in [1.82, 2.24) is 0 Å². The lowest BCUT2D eigenvalue weighted by Gasteiger charge is -2.41. The highest BCUT2D eigenvalue weighted by atomic mass is 127. The molecule has 1 unspecified atom stereocenters. The number of unbranched alkanes of at least 4 members (excludes halogenated alkanes) is 6. The Bertz CT molecular complexity index is 263. The molecule has 0 rings (SSSR count). The number of halogens is 2. The summed E-state index contributed by atoms with van der Waals surface area (Å²) in [5.41, 5.74) is 0. The van der Waals surface area contributed by atoms with Crippen molar-refractivity contribution in [3.63, 3.8) is 0 Å². The van der Waals surface area contributed by atoms with Crippen LogP contribution >= 0.6 is 22.6 Å². The number of nitrogens with zero attached hydrogens (tertiary/aromatic N) is 1. The minimum atomic E-state index is 0. The quantitative estimate of drug-likeness (QED) is 0.0970. The molecule has 0 heterocycles. The summed E-state index contributed by atoms with van der Waals surface area (Å²) < 4.78 is 1.85. The van der Waals surface area contributed by atoms with Crippen molar-refractivity contribution >= 4 is 22.6 Å². The maximum absolute atomic E-state index is 5.74. The first kappa shape index (κ1) is 24.8. The number of hydrogen-bond acceptors (Lipinski definition) is 0. The zero-order valence-electron chi connectivity index (χ0n) is 15.1. The molecule has 0 aromatic heterocycles. The van der Waals surface area contributed by atoms with E-state index in [-0.39, 0.29) is 12.4 Å². The van der Waals surface area contributed by atoms with Gasteiger partial charge < -0.3 is 16.9 Å². The minimum absolute atomic E-state index is 0. The van der Waals surface area contributed by atoms with E-state index in [1.807, 2.05) is 0 Å². The fourth-order valence-electron chi connectivity index (χ4n) is 3.05. The first-order chi connectivity index (χ1) is 10.2. The average molecular weight is 442 g/mol. The summed E-state index contributed by atoms with van der Waals surface area (Å²) in [5.74, 6) is 3.00. The van der Waals surface area contributed by atoms with Gasteiger partial charge in [-0.25, -0.2) is 0 Å². The summed E-state index contributed by atoms with van der Waals surface area (Å²) in [6.45, 7) is 10.4. The van der Waals surface area contributed by atoms with Gasteiger partial charge in [-0.1, -0.05) is 46.5 Å². The lowest BCUT2D eigenvalue weighted by atomic mass is 10.1. The van der Waals surface area contributed by atoms with Crippen LogP contribution in [0, 0.1) is 12.3 Å². The van der Waals surface area contributed by atoms with Crippen LogP contribution in [0.3, 0.4) is 0 Å². The fraction of sp³-hybridized carbons (Fsp3) is 0.895. The maximum Gasteiger partial charge on any atom is 0.141 e. The van der Waals surface area contributed by atoms with Crippen LogP contribution in [0.25, 0.3) is 0 Å². The molecule has 0 aromatic rings. The molecule has 1 atom stereocenters. The molecule has 0 fully saturated rings. The molecular formula is C19H37ClIN. The van der Waals surface area contributed by atoms with Gasteiger partial charge in [0, 0.05) is 6.42 Å². The lowest BCUT2D eigenvalue weighted by Crippen LogP contribution is -3.00. The van der Waals surface area contributed by atoms with E-state index in [0.717, 1.165) is 6.54 Å². The van der Waals surface area contributed by atoms with Crippen LogP contribution in [0.5, 0.6) is 0 Å². The molecule has 0 saturated carbocycles. The third kappa shape index (κ3) is 10.3. The highest BCUT2D eigenvalue weighted by Crippen LogP contribution is 2.26. The molecule has 0 bridgehead atoms. The standard InChI is InChI=1S/C19H37IN.ClH/c1-5-9-11-13-17-21(16-8-4,19(20)15-7-3)18-14-12-10-6-2;/h4,19H,5-7,9-18H2,1-3H3;1H/q+1;/p-1. The van der Waals surface area contributed by atoms with Crippen molar-refractivity contribution < 1.29 is 16.9 Å². The Balaban J connectivity index is 0. The van der Waals surface area contributed by atoms with E-state index in [1.165, 1.54) is 81.8 Å². The topological polar surface area (TPSA) is 0 Å². The molecule has 0 amide bonds.